The molecule has 0 aromatic heterocycles. The Morgan fingerprint density at radius 2 is 2.00 bits per heavy atom. The quantitative estimate of drug-likeness (QED) is 0.651. The summed E-state index contributed by atoms with van der Waals surface area (Å²) in [6.07, 6.45) is 2.94. The van der Waals surface area contributed by atoms with E-state index < -0.39 is 0 Å². The highest BCUT2D eigenvalue weighted by Crippen LogP contribution is 2.10. The summed E-state index contributed by atoms with van der Waals surface area (Å²) in [5.74, 6) is 0.317. The number of ether oxygens (including phenoxy) is 1. The molecule has 0 saturated heterocycles. The minimum absolute atomic E-state index is 0.111. The molecule has 0 rings (SSSR count). The molecule has 0 saturated carbocycles. The van der Waals surface area contributed by atoms with E-state index in [2.05, 4.69) is 0 Å². The van der Waals surface area contributed by atoms with Crippen LogP contribution in [0, 0.1) is 5.92 Å². The molecule has 0 bridgehead atoms. The zero-order chi connectivity index (χ0) is 11.0. The maximum absolute atomic E-state index is 11.4. The van der Waals surface area contributed by atoms with E-state index in [0.29, 0.717) is 6.61 Å². The van der Waals surface area contributed by atoms with Crippen LogP contribution in [0.25, 0.3) is 0 Å². The molecule has 0 aromatic carbocycles. The van der Waals surface area contributed by atoms with Gasteiger partial charge in [0.05, 0.1) is 0 Å². The average molecular weight is 201 g/mol. The van der Waals surface area contributed by atoms with E-state index in [1.54, 1.807) is 0 Å². The summed E-state index contributed by atoms with van der Waals surface area (Å²) >= 11 is 0. The predicted octanol–water partition coefficient (Wildman–Crippen LogP) is 1.75. The van der Waals surface area contributed by atoms with Gasteiger partial charge in [-0.3, -0.25) is 4.79 Å². The largest absolute Gasteiger partial charge is 0.374 e. The summed E-state index contributed by atoms with van der Waals surface area (Å²) in [4.78, 5) is 11.4. The topological polar surface area (TPSA) is 52.3 Å². The summed E-state index contributed by atoms with van der Waals surface area (Å²) in [5, 5.41) is 0. The number of carbonyl (C=O) groups is 1. The first-order valence-corrected chi connectivity index (χ1v) is 5.44. The number of nitrogens with two attached hydrogens (primary N) is 1. The Morgan fingerprint density at radius 1 is 1.36 bits per heavy atom. The Hall–Kier alpha value is -0.410. The molecule has 3 nitrogen and oxygen atoms in total. The zero-order valence-electron chi connectivity index (χ0n) is 9.58. The van der Waals surface area contributed by atoms with E-state index in [0.717, 1.165) is 19.3 Å². The van der Waals surface area contributed by atoms with Crippen molar-refractivity contribution < 1.29 is 9.53 Å². The van der Waals surface area contributed by atoms with Gasteiger partial charge in [0.25, 0.3) is 0 Å². The third kappa shape index (κ3) is 7.04. The van der Waals surface area contributed by atoms with Crippen molar-refractivity contribution in [3.63, 3.8) is 0 Å². The van der Waals surface area contributed by atoms with Gasteiger partial charge in [-0.15, -0.1) is 0 Å². The van der Waals surface area contributed by atoms with Crippen LogP contribution in [0.3, 0.4) is 0 Å². The van der Waals surface area contributed by atoms with E-state index in [9.17, 15) is 4.79 Å². The van der Waals surface area contributed by atoms with E-state index in [4.69, 9.17) is 10.5 Å². The Bertz CT molecular complexity index is 157. The van der Waals surface area contributed by atoms with E-state index in [-0.39, 0.29) is 24.3 Å². The monoisotopic (exact) mass is 201 g/mol. The number of hydrogen-bond donors (Lipinski definition) is 1. The van der Waals surface area contributed by atoms with Gasteiger partial charge < -0.3 is 10.5 Å². The summed E-state index contributed by atoms with van der Waals surface area (Å²) in [6, 6.07) is 0.240. The van der Waals surface area contributed by atoms with Crippen molar-refractivity contribution in [2.75, 3.05) is 13.2 Å². The Labute approximate surface area is 87.0 Å². The number of hydrogen-bond acceptors (Lipinski definition) is 3. The fourth-order valence-corrected chi connectivity index (χ4v) is 1.25. The number of carbonyl (C=O) groups excluding carboxylic acids is 1. The summed E-state index contributed by atoms with van der Waals surface area (Å²) in [5.41, 5.74) is 5.63. The van der Waals surface area contributed by atoms with Crippen LogP contribution in [0.1, 0.15) is 40.0 Å². The highest BCUT2D eigenvalue weighted by atomic mass is 16.5. The molecule has 84 valence electrons. The lowest BCUT2D eigenvalue weighted by molar-refractivity contribution is -0.127. The zero-order valence-corrected chi connectivity index (χ0v) is 9.58. The second kappa shape index (κ2) is 7.94. The van der Waals surface area contributed by atoms with Crippen LogP contribution in [0.15, 0.2) is 0 Å². The molecule has 0 aliphatic rings. The minimum atomic E-state index is 0.111. The van der Waals surface area contributed by atoms with Crippen LogP contribution in [0.4, 0.5) is 0 Å². The SMILES string of the molecule is CCOCC(=O)C(C)CCCC(C)N. The van der Waals surface area contributed by atoms with E-state index in [1.165, 1.54) is 0 Å². The van der Waals surface area contributed by atoms with Crippen LogP contribution in [-0.2, 0) is 9.53 Å². The Kier molecular flexibility index (Phi) is 7.71. The third-order valence-corrected chi connectivity index (χ3v) is 2.29. The highest BCUT2D eigenvalue weighted by molar-refractivity contribution is 5.81. The normalized spacial score (nSPS) is 15.1. The van der Waals surface area contributed by atoms with Crippen LogP contribution >= 0.6 is 0 Å². The first kappa shape index (κ1) is 13.6. The van der Waals surface area contributed by atoms with Crippen molar-refractivity contribution >= 4 is 5.78 Å². The molecule has 0 radical (unpaired) electrons. The molecule has 2 unspecified atom stereocenters. The molecule has 0 fully saturated rings. The first-order chi connectivity index (χ1) is 6.57. The second-order valence-electron chi connectivity index (χ2n) is 3.91. The predicted molar refractivity (Wildman–Crippen MR) is 58.2 cm³/mol. The van der Waals surface area contributed by atoms with Crippen molar-refractivity contribution in [2.24, 2.45) is 11.7 Å². The number of Topliss-reactive ketones (excluding diaryl/α,β-unsaturated/α-hetero) is 1. The minimum Gasteiger partial charge on any atom is -0.374 e. The van der Waals surface area contributed by atoms with Crippen LogP contribution in [0.2, 0.25) is 0 Å². The molecular formula is C11H23NO2. The lowest BCUT2D eigenvalue weighted by Crippen LogP contribution is -2.19. The van der Waals surface area contributed by atoms with Crippen LogP contribution < -0.4 is 5.73 Å². The fraction of sp³-hybridized carbons (Fsp3) is 0.909. The summed E-state index contributed by atoms with van der Waals surface area (Å²) in [7, 11) is 0. The molecule has 0 aliphatic heterocycles. The lowest BCUT2D eigenvalue weighted by Gasteiger charge is -2.11. The van der Waals surface area contributed by atoms with Gasteiger partial charge in [-0.25, -0.2) is 0 Å². The standard InChI is InChI=1S/C11H23NO2/c1-4-14-8-11(13)9(2)6-5-7-10(3)12/h9-10H,4-8,12H2,1-3H3. The summed E-state index contributed by atoms with van der Waals surface area (Å²) < 4.78 is 5.07. The van der Waals surface area contributed by atoms with E-state index >= 15 is 0 Å². The third-order valence-electron chi connectivity index (χ3n) is 2.29. The maximum Gasteiger partial charge on any atom is 0.161 e. The molecule has 0 aliphatic carbocycles. The van der Waals surface area contributed by atoms with Crippen LogP contribution in [0.5, 0.6) is 0 Å². The molecule has 0 heterocycles. The van der Waals surface area contributed by atoms with E-state index in [1.807, 2.05) is 20.8 Å². The smallest absolute Gasteiger partial charge is 0.161 e. The van der Waals surface area contributed by atoms with Gasteiger partial charge in [0.2, 0.25) is 0 Å². The van der Waals surface area contributed by atoms with Gasteiger partial charge in [0, 0.05) is 18.6 Å². The van der Waals surface area contributed by atoms with Gasteiger partial charge in [-0.1, -0.05) is 13.3 Å². The first-order valence-electron chi connectivity index (χ1n) is 5.44. The molecule has 2 atom stereocenters. The van der Waals surface area contributed by atoms with Crippen molar-refractivity contribution in [1.29, 1.82) is 0 Å². The van der Waals surface area contributed by atoms with Crippen LogP contribution in [-0.4, -0.2) is 25.0 Å². The van der Waals surface area contributed by atoms with Gasteiger partial charge in [-0.05, 0) is 26.7 Å². The number of rotatable bonds is 8. The second-order valence-corrected chi connectivity index (χ2v) is 3.91. The van der Waals surface area contributed by atoms with Crippen molar-refractivity contribution in [3.8, 4) is 0 Å². The molecule has 2 N–H and O–H groups in total. The van der Waals surface area contributed by atoms with Gasteiger partial charge >= 0.3 is 0 Å². The molecule has 0 aromatic rings. The Morgan fingerprint density at radius 3 is 2.50 bits per heavy atom. The molecular weight excluding hydrogens is 178 g/mol. The maximum atomic E-state index is 11.4. The number of ketones is 1. The molecule has 14 heavy (non-hydrogen) atoms. The molecule has 3 heteroatoms. The molecule has 0 amide bonds. The highest BCUT2D eigenvalue weighted by Gasteiger charge is 2.12. The van der Waals surface area contributed by atoms with Crippen molar-refractivity contribution in [2.45, 2.75) is 46.1 Å². The van der Waals surface area contributed by atoms with Gasteiger partial charge in [0.15, 0.2) is 5.78 Å². The van der Waals surface area contributed by atoms with Crippen molar-refractivity contribution in [1.82, 2.24) is 0 Å². The summed E-state index contributed by atoms with van der Waals surface area (Å²) in [6.45, 7) is 6.72. The van der Waals surface area contributed by atoms with Gasteiger partial charge in [0.1, 0.15) is 6.61 Å². The fourth-order valence-electron chi connectivity index (χ4n) is 1.25. The van der Waals surface area contributed by atoms with Crippen molar-refractivity contribution in [3.05, 3.63) is 0 Å². The lowest BCUT2D eigenvalue weighted by atomic mass is 9.98. The Balaban J connectivity index is 3.51. The molecule has 0 spiro atoms. The average Bonchev–Trinajstić information content (AvgIpc) is 2.13. The van der Waals surface area contributed by atoms with Gasteiger partial charge in [-0.2, -0.15) is 0 Å².